The van der Waals surface area contributed by atoms with Crippen molar-refractivity contribution in [1.82, 2.24) is 5.32 Å². The van der Waals surface area contributed by atoms with Crippen LogP contribution in [0.5, 0.6) is 0 Å². The third-order valence-electron chi connectivity index (χ3n) is 8.63. The minimum Gasteiger partial charge on any atom is -0.394 e. The molecule has 4 atom stereocenters. The Kier molecular flexibility index (Phi) is 32.2. The number of unbranched alkanes of at least 4 members (excludes halogenated alkanes) is 20. The number of amides is 1. The van der Waals surface area contributed by atoms with E-state index < -0.39 is 36.9 Å². The third kappa shape index (κ3) is 27.1. The molecule has 0 aromatic carbocycles. The molecule has 5 N–H and O–H groups in total. The van der Waals surface area contributed by atoms with Gasteiger partial charge < -0.3 is 25.7 Å². The number of hydrogen-bond acceptors (Lipinski definition) is 5. The summed E-state index contributed by atoms with van der Waals surface area (Å²) >= 11 is 0. The number of aliphatic hydroxyl groups excluding tert-OH is 4. The Hall–Kier alpha value is -1.21. The summed E-state index contributed by atoms with van der Waals surface area (Å²) in [4.78, 5) is 12.4. The van der Waals surface area contributed by atoms with Gasteiger partial charge in [-0.25, -0.2) is 0 Å². The van der Waals surface area contributed by atoms with E-state index in [-0.39, 0.29) is 0 Å². The van der Waals surface area contributed by atoms with Gasteiger partial charge in [0.05, 0.1) is 18.8 Å². The van der Waals surface area contributed by atoms with E-state index in [1.54, 1.807) is 0 Å². The second-order valence-corrected chi connectivity index (χ2v) is 12.9. The molecule has 0 fully saturated rings. The average Bonchev–Trinajstić information content (AvgIpc) is 3.03. The van der Waals surface area contributed by atoms with Gasteiger partial charge in [0.25, 0.3) is 0 Å². The van der Waals surface area contributed by atoms with Crippen LogP contribution in [0.25, 0.3) is 0 Å². The molecular weight excluding hydrogens is 550 g/mol. The van der Waals surface area contributed by atoms with Crippen molar-refractivity contribution in [3.63, 3.8) is 0 Å². The number of hydrogen-bond donors (Lipinski definition) is 5. The summed E-state index contributed by atoms with van der Waals surface area (Å²) in [5.74, 6) is -0.601. The van der Waals surface area contributed by atoms with Crippen LogP contribution in [0, 0.1) is 0 Å². The highest BCUT2D eigenvalue weighted by atomic mass is 16.3. The molecule has 0 aromatic rings. The largest absolute Gasteiger partial charge is 0.394 e. The lowest BCUT2D eigenvalue weighted by Gasteiger charge is -2.27. The number of aliphatic hydroxyl groups is 4. The first-order valence-corrected chi connectivity index (χ1v) is 18.7. The molecule has 0 spiro atoms. The minimum atomic E-state index is -1.28. The molecule has 0 bridgehead atoms. The van der Waals surface area contributed by atoms with Crippen molar-refractivity contribution in [2.24, 2.45) is 0 Å². The highest BCUT2D eigenvalue weighted by Gasteiger charge is 2.28. The molecule has 0 aliphatic heterocycles. The second kappa shape index (κ2) is 33.2. The molecule has 0 saturated heterocycles. The molecule has 0 radical (unpaired) electrons. The SMILES string of the molecule is CCCCCC/C=C\CCCCCCCCC(O)C(=O)NC(CO)C(O)C(O)CCC/C=C/CCCCCCCCCCC. The van der Waals surface area contributed by atoms with E-state index in [0.717, 1.165) is 44.9 Å². The molecule has 1 amide bonds. The summed E-state index contributed by atoms with van der Waals surface area (Å²) in [6.45, 7) is 3.99. The van der Waals surface area contributed by atoms with Gasteiger partial charge in [0.2, 0.25) is 5.91 Å². The highest BCUT2D eigenvalue weighted by Crippen LogP contribution is 2.14. The Morgan fingerprint density at radius 2 is 0.932 bits per heavy atom. The van der Waals surface area contributed by atoms with Gasteiger partial charge in [-0.15, -0.1) is 0 Å². The summed E-state index contributed by atoms with van der Waals surface area (Å²) in [5, 5.41) is 43.4. The first-order chi connectivity index (χ1) is 21.5. The van der Waals surface area contributed by atoms with Crippen molar-refractivity contribution in [2.45, 2.75) is 205 Å². The fourth-order valence-electron chi connectivity index (χ4n) is 5.57. The van der Waals surface area contributed by atoms with Crippen molar-refractivity contribution in [2.75, 3.05) is 6.61 Å². The molecule has 260 valence electrons. The standard InChI is InChI=1S/C38H73NO5/c1-3-5-7-9-11-13-15-17-19-21-23-25-27-29-31-35(41)37(43)34(33-40)39-38(44)36(42)32-30-28-26-24-22-20-18-16-14-12-10-8-6-4-2/h14,16,23,25,34-37,40-43H,3-13,15,17-22,24,26-33H2,1-2H3,(H,39,44)/b16-14-,25-23+. The first-order valence-electron chi connectivity index (χ1n) is 18.7. The molecular formula is C38H73NO5. The number of carbonyl (C=O) groups excluding carboxylic acids is 1. The summed E-state index contributed by atoms with van der Waals surface area (Å²) in [6.07, 6.45) is 34.8. The number of nitrogens with one attached hydrogen (secondary N) is 1. The fourth-order valence-corrected chi connectivity index (χ4v) is 5.57. The average molecular weight is 624 g/mol. The molecule has 0 rings (SSSR count). The van der Waals surface area contributed by atoms with E-state index in [4.69, 9.17) is 0 Å². The summed E-state index contributed by atoms with van der Waals surface area (Å²) < 4.78 is 0. The summed E-state index contributed by atoms with van der Waals surface area (Å²) in [5.41, 5.74) is 0. The first kappa shape index (κ1) is 42.8. The van der Waals surface area contributed by atoms with Gasteiger partial charge in [-0.05, 0) is 64.2 Å². The van der Waals surface area contributed by atoms with Gasteiger partial charge in [-0.1, -0.05) is 141 Å². The Labute approximate surface area is 272 Å². The van der Waals surface area contributed by atoms with E-state index >= 15 is 0 Å². The van der Waals surface area contributed by atoms with Crippen LogP contribution in [0.2, 0.25) is 0 Å². The predicted octanol–water partition coefficient (Wildman–Crippen LogP) is 8.84. The lowest BCUT2D eigenvalue weighted by molar-refractivity contribution is -0.132. The molecule has 0 aliphatic carbocycles. The zero-order chi connectivity index (χ0) is 32.5. The summed E-state index contributed by atoms with van der Waals surface area (Å²) in [7, 11) is 0. The monoisotopic (exact) mass is 624 g/mol. The topological polar surface area (TPSA) is 110 Å². The quantitative estimate of drug-likeness (QED) is 0.0371. The van der Waals surface area contributed by atoms with Gasteiger partial charge >= 0.3 is 0 Å². The van der Waals surface area contributed by atoms with Crippen molar-refractivity contribution in [1.29, 1.82) is 0 Å². The van der Waals surface area contributed by atoms with Crippen LogP contribution in [-0.2, 0) is 4.79 Å². The van der Waals surface area contributed by atoms with Crippen LogP contribution >= 0.6 is 0 Å². The van der Waals surface area contributed by atoms with Gasteiger partial charge in [-0.3, -0.25) is 4.79 Å². The molecule has 6 heteroatoms. The molecule has 44 heavy (non-hydrogen) atoms. The predicted molar refractivity (Wildman–Crippen MR) is 187 cm³/mol. The van der Waals surface area contributed by atoms with Crippen LogP contribution in [0.4, 0.5) is 0 Å². The van der Waals surface area contributed by atoms with Crippen LogP contribution in [0.1, 0.15) is 181 Å². The maximum atomic E-state index is 12.4. The molecule has 6 nitrogen and oxygen atoms in total. The van der Waals surface area contributed by atoms with Gasteiger partial charge in [0, 0.05) is 0 Å². The van der Waals surface area contributed by atoms with Crippen molar-refractivity contribution in [3.8, 4) is 0 Å². The van der Waals surface area contributed by atoms with Gasteiger partial charge in [-0.2, -0.15) is 0 Å². The van der Waals surface area contributed by atoms with Crippen LogP contribution in [0.3, 0.4) is 0 Å². The van der Waals surface area contributed by atoms with E-state index in [1.807, 2.05) is 0 Å². The number of carbonyl (C=O) groups is 1. The number of rotatable bonds is 33. The van der Waals surface area contributed by atoms with E-state index in [9.17, 15) is 25.2 Å². The van der Waals surface area contributed by atoms with E-state index in [0.29, 0.717) is 12.8 Å². The Bertz CT molecular complexity index is 668. The lowest BCUT2D eigenvalue weighted by atomic mass is 10.00. The van der Waals surface area contributed by atoms with Crippen molar-refractivity contribution in [3.05, 3.63) is 24.3 Å². The van der Waals surface area contributed by atoms with Crippen LogP contribution in [-0.4, -0.2) is 57.3 Å². The molecule has 0 aromatic heterocycles. The third-order valence-corrected chi connectivity index (χ3v) is 8.63. The van der Waals surface area contributed by atoms with Gasteiger partial charge in [0.1, 0.15) is 12.2 Å². The lowest BCUT2D eigenvalue weighted by Crippen LogP contribution is -2.53. The van der Waals surface area contributed by atoms with Crippen molar-refractivity contribution >= 4 is 5.91 Å². The van der Waals surface area contributed by atoms with Crippen LogP contribution < -0.4 is 5.32 Å². The Balaban J connectivity index is 3.87. The van der Waals surface area contributed by atoms with E-state index in [2.05, 4.69) is 43.5 Å². The van der Waals surface area contributed by atoms with Gasteiger partial charge in [0.15, 0.2) is 0 Å². The minimum absolute atomic E-state index is 0.356. The van der Waals surface area contributed by atoms with Crippen molar-refractivity contribution < 1.29 is 25.2 Å². The zero-order valence-corrected chi connectivity index (χ0v) is 28.9. The fraction of sp³-hybridized carbons (Fsp3) is 0.868. The second-order valence-electron chi connectivity index (χ2n) is 12.9. The molecule has 4 unspecified atom stereocenters. The van der Waals surface area contributed by atoms with Crippen LogP contribution in [0.15, 0.2) is 24.3 Å². The summed E-state index contributed by atoms with van der Waals surface area (Å²) in [6, 6.07) is -1.00. The highest BCUT2D eigenvalue weighted by molar-refractivity contribution is 5.80. The molecule has 0 saturated carbocycles. The maximum absolute atomic E-state index is 12.4. The Morgan fingerprint density at radius 3 is 1.39 bits per heavy atom. The number of allylic oxidation sites excluding steroid dienone is 4. The van der Waals surface area contributed by atoms with E-state index in [1.165, 1.54) is 109 Å². The smallest absolute Gasteiger partial charge is 0.249 e. The normalized spacial score (nSPS) is 14.8. The molecule has 0 aliphatic rings. The maximum Gasteiger partial charge on any atom is 0.249 e. The zero-order valence-electron chi connectivity index (χ0n) is 28.9. The Morgan fingerprint density at radius 1 is 0.545 bits per heavy atom. The molecule has 0 heterocycles.